The fourth-order valence-corrected chi connectivity index (χ4v) is 3.44. The molecule has 112 valence electrons. The van der Waals surface area contributed by atoms with Crippen LogP contribution < -0.4 is 5.32 Å². The van der Waals surface area contributed by atoms with Crippen molar-refractivity contribution >= 4 is 0 Å². The minimum absolute atomic E-state index is 0.408. The van der Waals surface area contributed by atoms with Crippen LogP contribution in [0.2, 0.25) is 0 Å². The summed E-state index contributed by atoms with van der Waals surface area (Å²) in [5.74, 6) is 0. The van der Waals surface area contributed by atoms with Gasteiger partial charge in [-0.25, -0.2) is 0 Å². The van der Waals surface area contributed by atoms with Crippen LogP contribution in [0.5, 0.6) is 0 Å². The van der Waals surface area contributed by atoms with E-state index in [1.54, 1.807) is 0 Å². The van der Waals surface area contributed by atoms with Gasteiger partial charge in [0, 0.05) is 12.1 Å². The molecule has 0 aliphatic heterocycles. The Labute approximate surface area is 125 Å². The molecule has 1 aromatic rings. The SMILES string of the molecule is CCCCCC(NC1C(C)(C)C1(C)C)c1ccccc1. The zero-order valence-corrected chi connectivity index (χ0v) is 13.9. The summed E-state index contributed by atoms with van der Waals surface area (Å²) < 4.78 is 0. The van der Waals surface area contributed by atoms with Crippen LogP contribution in [-0.4, -0.2) is 6.04 Å². The zero-order valence-electron chi connectivity index (χ0n) is 13.9. The van der Waals surface area contributed by atoms with Crippen LogP contribution in [-0.2, 0) is 0 Å². The van der Waals surface area contributed by atoms with E-state index in [1.807, 2.05) is 0 Å². The number of hydrogen-bond donors (Lipinski definition) is 1. The van der Waals surface area contributed by atoms with Gasteiger partial charge in [-0.1, -0.05) is 84.2 Å². The molecule has 0 spiro atoms. The normalized spacial score (nSPS) is 21.6. The molecule has 1 N–H and O–H groups in total. The van der Waals surface area contributed by atoms with E-state index in [0.29, 0.717) is 22.9 Å². The van der Waals surface area contributed by atoms with Crippen molar-refractivity contribution < 1.29 is 0 Å². The molecule has 0 saturated heterocycles. The summed E-state index contributed by atoms with van der Waals surface area (Å²) in [6, 6.07) is 12.1. The van der Waals surface area contributed by atoms with Gasteiger partial charge in [0.05, 0.1) is 0 Å². The van der Waals surface area contributed by atoms with Gasteiger partial charge in [-0.05, 0) is 22.8 Å². The largest absolute Gasteiger partial charge is 0.306 e. The van der Waals surface area contributed by atoms with E-state index in [-0.39, 0.29) is 0 Å². The van der Waals surface area contributed by atoms with Crippen molar-refractivity contribution in [2.75, 3.05) is 0 Å². The molecule has 0 aromatic heterocycles. The lowest BCUT2D eigenvalue weighted by Gasteiger charge is -2.21. The smallest absolute Gasteiger partial charge is 0.0323 e. The van der Waals surface area contributed by atoms with Crippen LogP contribution in [0.4, 0.5) is 0 Å². The second kappa shape index (κ2) is 5.89. The van der Waals surface area contributed by atoms with Crippen molar-refractivity contribution in [3.8, 4) is 0 Å². The van der Waals surface area contributed by atoms with Gasteiger partial charge in [-0.3, -0.25) is 0 Å². The minimum atomic E-state index is 0.408. The fourth-order valence-electron chi connectivity index (χ4n) is 3.44. The summed E-state index contributed by atoms with van der Waals surface area (Å²) in [7, 11) is 0. The van der Waals surface area contributed by atoms with E-state index < -0.39 is 0 Å². The van der Waals surface area contributed by atoms with Gasteiger partial charge in [0.1, 0.15) is 0 Å². The molecule has 0 bridgehead atoms. The quantitative estimate of drug-likeness (QED) is 0.662. The monoisotopic (exact) mass is 273 g/mol. The molecule has 1 aliphatic carbocycles. The first-order valence-electron chi connectivity index (χ1n) is 8.22. The molecule has 1 unspecified atom stereocenters. The number of hydrogen-bond acceptors (Lipinski definition) is 1. The second-order valence-electron chi connectivity index (χ2n) is 7.50. The molecule has 0 radical (unpaired) electrons. The van der Waals surface area contributed by atoms with E-state index >= 15 is 0 Å². The van der Waals surface area contributed by atoms with E-state index in [2.05, 4.69) is 70.3 Å². The Morgan fingerprint density at radius 3 is 2.10 bits per heavy atom. The van der Waals surface area contributed by atoms with Crippen molar-refractivity contribution in [1.29, 1.82) is 0 Å². The Morgan fingerprint density at radius 2 is 1.60 bits per heavy atom. The average molecular weight is 273 g/mol. The van der Waals surface area contributed by atoms with Gasteiger partial charge >= 0.3 is 0 Å². The van der Waals surface area contributed by atoms with Gasteiger partial charge in [-0.15, -0.1) is 0 Å². The van der Waals surface area contributed by atoms with E-state index in [9.17, 15) is 0 Å². The second-order valence-corrected chi connectivity index (χ2v) is 7.50. The Hall–Kier alpha value is -0.820. The first kappa shape index (κ1) is 15.6. The molecular weight excluding hydrogens is 242 g/mol. The molecule has 0 heterocycles. The Morgan fingerprint density at radius 1 is 1.00 bits per heavy atom. The number of benzene rings is 1. The molecule has 1 saturated carbocycles. The van der Waals surface area contributed by atoms with Crippen molar-refractivity contribution in [2.45, 2.75) is 72.4 Å². The van der Waals surface area contributed by atoms with Gasteiger partial charge in [0.2, 0.25) is 0 Å². The summed E-state index contributed by atoms with van der Waals surface area (Å²) >= 11 is 0. The van der Waals surface area contributed by atoms with Crippen molar-refractivity contribution in [3.63, 3.8) is 0 Å². The van der Waals surface area contributed by atoms with Gasteiger partial charge < -0.3 is 5.32 Å². The summed E-state index contributed by atoms with van der Waals surface area (Å²) in [4.78, 5) is 0. The third-order valence-electron chi connectivity index (χ3n) is 5.69. The Bertz CT molecular complexity index is 405. The standard InChI is InChI=1S/C19H31N/c1-6-7-9-14-16(15-12-10-8-11-13-15)20-17-18(2,3)19(17,4)5/h8,10-13,16-17,20H,6-7,9,14H2,1-5H3. The molecule has 20 heavy (non-hydrogen) atoms. The highest BCUT2D eigenvalue weighted by atomic mass is 15.1. The number of nitrogens with one attached hydrogen (secondary N) is 1. The first-order valence-corrected chi connectivity index (χ1v) is 8.22. The topological polar surface area (TPSA) is 12.0 Å². The summed E-state index contributed by atoms with van der Waals surface area (Å²) in [5, 5.41) is 3.95. The van der Waals surface area contributed by atoms with E-state index in [1.165, 1.54) is 31.2 Å². The van der Waals surface area contributed by atoms with Crippen LogP contribution in [0.3, 0.4) is 0 Å². The maximum atomic E-state index is 3.95. The lowest BCUT2D eigenvalue weighted by Crippen LogP contribution is -2.27. The summed E-state index contributed by atoms with van der Waals surface area (Å²) in [6.45, 7) is 11.8. The molecule has 1 atom stereocenters. The van der Waals surface area contributed by atoms with Crippen molar-refractivity contribution in [2.24, 2.45) is 10.8 Å². The molecule has 1 aliphatic rings. The third kappa shape index (κ3) is 2.93. The number of rotatable bonds is 7. The van der Waals surface area contributed by atoms with Crippen LogP contribution in [0.25, 0.3) is 0 Å². The first-order chi connectivity index (χ1) is 9.41. The van der Waals surface area contributed by atoms with Crippen LogP contribution in [0.15, 0.2) is 30.3 Å². The van der Waals surface area contributed by atoms with Crippen LogP contribution in [0, 0.1) is 10.8 Å². The minimum Gasteiger partial charge on any atom is -0.306 e. The predicted molar refractivity (Wildman–Crippen MR) is 87.8 cm³/mol. The molecule has 0 amide bonds. The number of unbranched alkanes of at least 4 members (excludes halogenated alkanes) is 2. The highest BCUT2D eigenvalue weighted by molar-refractivity contribution is 5.23. The molecule has 1 nitrogen and oxygen atoms in total. The van der Waals surface area contributed by atoms with Gasteiger partial charge in [0.15, 0.2) is 0 Å². The van der Waals surface area contributed by atoms with Gasteiger partial charge in [-0.2, -0.15) is 0 Å². The maximum absolute atomic E-state index is 3.95. The molecule has 1 fully saturated rings. The molecule has 1 heteroatoms. The predicted octanol–water partition coefficient (Wildman–Crippen LogP) is 5.33. The van der Waals surface area contributed by atoms with Crippen LogP contribution in [0.1, 0.15) is 71.9 Å². The van der Waals surface area contributed by atoms with Gasteiger partial charge in [0.25, 0.3) is 0 Å². The Balaban J connectivity index is 2.04. The highest BCUT2D eigenvalue weighted by Crippen LogP contribution is 2.63. The lowest BCUT2D eigenvalue weighted by atomic mass is 10.00. The van der Waals surface area contributed by atoms with E-state index in [4.69, 9.17) is 0 Å². The molecule has 2 rings (SSSR count). The average Bonchev–Trinajstić information content (AvgIpc) is 2.80. The molecular formula is C19H31N. The summed E-state index contributed by atoms with van der Waals surface area (Å²) in [6.07, 6.45) is 5.20. The Kier molecular flexibility index (Phi) is 4.59. The molecule has 1 aromatic carbocycles. The fraction of sp³-hybridized carbons (Fsp3) is 0.684. The maximum Gasteiger partial charge on any atom is 0.0323 e. The zero-order chi connectivity index (χ0) is 14.8. The van der Waals surface area contributed by atoms with Crippen molar-refractivity contribution in [3.05, 3.63) is 35.9 Å². The van der Waals surface area contributed by atoms with Crippen molar-refractivity contribution in [1.82, 2.24) is 5.32 Å². The third-order valence-corrected chi connectivity index (χ3v) is 5.69. The lowest BCUT2D eigenvalue weighted by molar-refractivity contribution is 0.433. The summed E-state index contributed by atoms with van der Waals surface area (Å²) in [5.41, 5.74) is 2.26. The van der Waals surface area contributed by atoms with E-state index in [0.717, 1.165) is 0 Å². The van der Waals surface area contributed by atoms with Crippen LogP contribution >= 0.6 is 0 Å². The highest BCUT2D eigenvalue weighted by Gasteiger charge is 2.64.